The lowest BCUT2D eigenvalue weighted by molar-refractivity contribution is 0.127. The topological polar surface area (TPSA) is 58.5 Å². The van der Waals surface area contributed by atoms with Crippen LogP contribution < -0.4 is 5.32 Å². The zero-order chi connectivity index (χ0) is 14.4. The molecular weight excluding hydrogens is 254 g/mol. The summed E-state index contributed by atoms with van der Waals surface area (Å²) < 4.78 is 10.5. The molecular formula is C16H23NO3. The van der Waals surface area contributed by atoms with Gasteiger partial charge in [0.1, 0.15) is 17.6 Å². The van der Waals surface area contributed by atoms with E-state index in [-0.39, 0.29) is 6.04 Å². The van der Waals surface area contributed by atoms with Gasteiger partial charge in [-0.1, -0.05) is 0 Å². The summed E-state index contributed by atoms with van der Waals surface area (Å²) in [5.74, 6) is 1.64. The molecule has 2 heterocycles. The van der Waals surface area contributed by atoms with E-state index in [0.29, 0.717) is 18.2 Å². The molecule has 0 aliphatic rings. The van der Waals surface area contributed by atoms with Gasteiger partial charge >= 0.3 is 0 Å². The largest absolute Gasteiger partial charge is 0.469 e. The van der Waals surface area contributed by atoms with Crippen molar-refractivity contribution in [2.24, 2.45) is 0 Å². The number of hydrogen-bond acceptors (Lipinski definition) is 4. The van der Waals surface area contributed by atoms with E-state index >= 15 is 0 Å². The predicted molar refractivity (Wildman–Crippen MR) is 77.4 cm³/mol. The van der Waals surface area contributed by atoms with Crippen LogP contribution in [0.3, 0.4) is 0 Å². The number of aliphatic hydroxyl groups is 1. The fourth-order valence-corrected chi connectivity index (χ4v) is 2.38. The van der Waals surface area contributed by atoms with Crippen LogP contribution >= 0.6 is 0 Å². The number of aliphatic hydroxyl groups excluding tert-OH is 1. The summed E-state index contributed by atoms with van der Waals surface area (Å²) >= 11 is 0. The summed E-state index contributed by atoms with van der Waals surface area (Å²) in [6.45, 7) is 4.23. The van der Waals surface area contributed by atoms with Crippen molar-refractivity contribution in [3.8, 4) is 0 Å². The summed E-state index contributed by atoms with van der Waals surface area (Å²) in [5.41, 5.74) is 0. The number of rotatable bonds is 8. The molecule has 0 aliphatic heterocycles. The van der Waals surface area contributed by atoms with Gasteiger partial charge in [-0.25, -0.2) is 0 Å². The molecule has 0 saturated heterocycles. The molecule has 4 nitrogen and oxygen atoms in total. The standard InChI is InChI=1S/C16H23NO3/c1-12(7-8-14-5-3-9-19-14)17-13(2)11-15(18)16-6-4-10-20-16/h3-6,9-10,12-13,15,17-18H,7-8,11H2,1-2H3. The molecule has 0 aromatic carbocycles. The molecule has 0 amide bonds. The van der Waals surface area contributed by atoms with Crippen molar-refractivity contribution >= 4 is 0 Å². The van der Waals surface area contributed by atoms with Gasteiger partial charge in [-0.2, -0.15) is 0 Å². The van der Waals surface area contributed by atoms with Crippen LogP contribution in [0.4, 0.5) is 0 Å². The van der Waals surface area contributed by atoms with Gasteiger partial charge in [-0.15, -0.1) is 0 Å². The average Bonchev–Trinajstić information content (AvgIpc) is 3.09. The van der Waals surface area contributed by atoms with Crippen LogP contribution in [0.2, 0.25) is 0 Å². The zero-order valence-corrected chi connectivity index (χ0v) is 12.1. The fraction of sp³-hybridized carbons (Fsp3) is 0.500. The van der Waals surface area contributed by atoms with Crippen molar-refractivity contribution in [2.75, 3.05) is 0 Å². The predicted octanol–water partition coefficient (Wildman–Crippen LogP) is 3.30. The Labute approximate surface area is 119 Å². The molecule has 4 heteroatoms. The summed E-state index contributed by atoms with van der Waals surface area (Å²) in [7, 11) is 0. The highest BCUT2D eigenvalue weighted by Crippen LogP contribution is 2.18. The van der Waals surface area contributed by atoms with Gasteiger partial charge in [0.2, 0.25) is 0 Å². The van der Waals surface area contributed by atoms with Crippen molar-refractivity contribution in [2.45, 2.75) is 51.3 Å². The van der Waals surface area contributed by atoms with Gasteiger partial charge < -0.3 is 19.3 Å². The molecule has 0 spiro atoms. The first kappa shape index (κ1) is 14.9. The van der Waals surface area contributed by atoms with Crippen LogP contribution in [0, 0.1) is 0 Å². The van der Waals surface area contributed by atoms with E-state index in [0.717, 1.165) is 18.6 Å². The van der Waals surface area contributed by atoms with E-state index in [1.54, 1.807) is 24.7 Å². The summed E-state index contributed by atoms with van der Waals surface area (Å²) in [6, 6.07) is 8.10. The van der Waals surface area contributed by atoms with Crippen molar-refractivity contribution in [3.05, 3.63) is 48.3 Å². The molecule has 3 unspecified atom stereocenters. The van der Waals surface area contributed by atoms with Crippen LogP contribution in [-0.4, -0.2) is 17.2 Å². The molecule has 2 aromatic heterocycles. The van der Waals surface area contributed by atoms with Gasteiger partial charge in [0.25, 0.3) is 0 Å². The molecule has 2 rings (SSSR count). The molecule has 0 bridgehead atoms. The van der Waals surface area contributed by atoms with E-state index < -0.39 is 6.10 Å². The minimum atomic E-state index is -0.551. The Hall–Kier alpha value is -1.52. The first-order valence-corrected chi connectivity index (χ1v) is 7.15. The van der Waals surface area contributed by atoms with Crippen LogP contribution in [0.15, 0.2) is 45.6 Å². The molecule has 0 saturated carbocycles. The first-order chi connectivity index (χ1) is 9.65. The Morgan fingerprint density at radius 2 is 1.85 bits per heavy atom. The molecule has 0 fully saturated rings. The van der Waals surface area contributed by atoms with Gasteiger partial charge in [0.15, 0.2) is 0 Å². The normalized spacial score (nSPS) is 15.9. The highest BCUT2D eigenvalue weighted by molar-refractivity contribution is 5.02. The van der Waals surface area contributed by atoms with Gasteiger partial charge in [-0.3, -0.25) is 0 Å². The van der Waals surface area contributed by atoms with Crippen molar-refractivity contribution in [3.63, 3.8) is 0 Å². The smallest absolute Gasteiger partial charge is 0.132 e. The lowest BCUT2D eigenvalue weighted by atomic mass is 10.1. The minimum absolute atomic E-state index is 0.224. The zero-order valence-electron chi connectivity index (χ0n) is 12.1. The Kier molecular flexibility index (Phi) is 5.44. The number of nitrogens with one attached hydrogen (secondary N) is 1. The molecule has 3 atom stereocenters. The number of furan rings is 2. The second kappa shape index (κ2) is 7.31. The van der Waals surface area contributed by atoms with E-state index in [2.05, 4.69) is 19.2 Å². The van der Waals surface area contributed by atoms with Crippen LogP contribution in [0.5, 0.6) is 0 Å². The van der Waals surface area contributed by atoms with Gasteiger partial charge in [0, 0.05) is 18.5 Å². The van der Waals surface area contributed by atoms with E-state index in [1.807, 2.05) is 12.1 Å². The molecule has 0 aliphatic carbocycles. The van der Waals surface area contributed by atoms with Crippen LogP contribution in [0.25, 0.3) is 0 Å². The fourth-order valence-electron chi connectivity index (χ4n) is 2.38. The third kappa shape index (κ3) is 4.54. The summed E-state index contributed by atoms with van der Waals surface area (Å²) in [5, 5.41) is 13.5. The molecule has 110 valence electrons. The SMILES string of the molecule is CC(CCc1ccco1)NC(C)CC(O)c1ccco1. The maximum absolute atomic E-state index is 10.0. The van der Waals surface area contributed by atoms with Gasteiger partial charge in [0.05, 0.1) is 12.5 Å². The summed E-state index contributed by atoms with van der Waals surface area (Å²) in [6.07, 6.45) is 5.31. The maximum Gasteiger partial charge on any atom is 0.132 e. The molecule has 20 heavy (non-hydrogen) atoms. The highest BCUT2D eigenvalue weighted by atomic mass is 16.4. The Balaban J connectivity index is 1.69. The third-order valence-electron chi connectivity index (χ3n) is 3.42. The van der Waals surface area contributed by atoms with Crippen molar-refractivity contribution in [1.29, 1.82) is 0 Å². The quantitative estimate of drug-likeness (QED) is 0.777. The van der Waals surface area contributed by atoms with Crippen molar-refractivity contribution < 1.29 is 13.9 Å². The Morgan fingerprint density at radius 1 is 1.10 bits per heavy atom. The van der Waals surface area contributed by atoms with Crippen molar-refractivity contribution in [1.82, 2.24) is 5.32 Å². The lowest BCUT2D eigenvalue weighted by Crippen LogP contribution is -2.35. The van der Waals surface area contributed by atoms with Crippen LogP contribution in [-0.2, 0) is 6.42 Å². The maximum atomic E-state index is 10.0. The summed E-state index contributed by atoms with van der Waals surface area (Å²) in [4.78, 5) is 0. The van der Waals surface area contributed by atoms with E-state index in [1.165, 1.54) is 0 Å². The van der Waals surface area contributed by atoms with E-state index in [4.69, 9.17) is 8.83 Å². The number of aryl methyl sites for hydroxylation is 1. The molecule has 2 aromatic rings. The second-order valence-electron chi connectivity index (χ2n) is 5.35. The molecule has 2 N–H and O–H groups in total. The minimum Gasteiger partial charge on any atom is -0.469 e. The lowest BCUT2D eigenvalue weighted by Gasteiger charge is -2.21. The first-order valence-electron chi connectivity index (χ1n) is 7.15. The molecule has 0 radical (unpaired) electrons. The Bertz CT molecular complexity index is 464. The monoisotopic (exact) mass is 277 g/mol. The third-order valence-corrected chi connectivity index (χ3v) is 3.42. The van der Waals surface area contributed by atoms with E-state index in [9.17, 15) is 5.11 Å². The highest BCUT2D eigenvalue weighted by Gasteiger charge is 2.16. The second-order valence-corrected chi connectivity index (χ2v) is 5.35. The average molecular weight is 277 g/mol. The Morgan fingerprint density at radius 3 is 2.50 bits per heavy atom. The van der Waals surface area contributed by atoms with Crippen LogP contribution in [0.1, 0.15) is 44.3 Å². The number of hydrogen-bond donors (Lipinski definition) is 2. The van der Waals surface area contributed by atoms with Gasteiger partial charge in [-0.05, 0) is 51.0 Å².